The summed E-state index contributed by atoms with van der Waals surface area (Å²) in [6, 6.07) is 13.5. The normalized spacial score (nSPS) is 10.6. The second kappa shape index (κ2) is 8.11. The standard InChI is InChI=1S/C21H20ClN3O/c1-3-14-10-11-18(22)17(4-2)19(14)25-21(26)16-12-23-20(24-13-16)15-8-6-5-7-9-15/h5-13H,3-4H2,1-2H3,(H,25,26). The van der Waals surface area contributed by atoms with Gasteiger partial charge in [-0.2, -0.15) is 0 Å². The molecule has 0 unspecified atom stereocenters. The highest BCUT2D eigenvalue weighted by Gasteiger charge is 2.15. The molecule has 1 amide bonds. The Morgan fingerprint density at radius 3 is 2.31 bits per heavy atom. The Bertz CT molecular complexity index is 909. The first-order valence-electron chi connectivity index (χ1n) is 8.63. The number of aryl methyl sites for hydroxylation is 1. The van der Waals surface area contributed by atoms with Crippen LogP contribution in [-0.4, -0.2) is 15.9 Å². The van der Waals surface area contributed by atoms with E-state index in [0.717, 1.165) is 35.2 Å². The molecule has 4 nitrogen and oxygen atoms in total. The summed E-state index contributed by atoms with van der Waals surface area (Å²) >= 11 is 6.30. The number of aromatic nitrogens is 2. The minimum atomic E-state index is -0.240. The van der Waals surface area contributed by atoms with Crippen molar-refractivity contribution < 1.29 is 4.79 Å². The molecule has 0 atom stereocenters. The number of benzene rings is 2. The SMILES string of the molecule is CCc1ccc(Cl)c(CC)c1NC(=O)c1cnc(-c2ccccc2)nc1. The molecule has 5 heteroatoms. The summed E-state index contributed by atoms with van der Waals surface area (Å²) in [5, 5.41) is 3.66. The molecular formula is C21H20ClN3O. The molecule has 0 aliphatic rings. The van der Waals surface area contributed by atoms with E-state index in [4.69, 9.17) is 11.6 Å². The lowest BCUT2D eigenvalue weighted by molar-refractivity contribution is 0.102. The van der Waals surface area contributed by atoms with Crippen molar-refractivity contribution in [2.24, 2.45) is 0 Å². The van der Waals surface area contributed by atoms with Crippen molar-refractivity contribution in [2.45, 2.75) is 26.7 Å². The van der Waals surface area contributed by atoms with Crippen LogP contribution in [0.25, 0.3) is 11.4 Å². The zero-order valence-corrected chi connectivity index (χ0v) is 15.5. The number of anilines is 1. The van der Waals surface area contributed by atoms with Crippen LogP contribution in [0, 0.1) is 0 Å². The number of halogens is 1. The van der Waals surface area contributed by atoms with Crippen molar-refractivity contribution in [1.29, 1.82) is 0 Å². The van der Waals surface area contributed by atoms with Crippen LogP contribution in [0.4, 0.5) is 5.69 Å². The maximum absolute atomic E-state index is 12.7. The molecule has 26 heavy (non-hydrogen) atoms. The van der Waals surface area contributed by atoms with Crippen LogP contribution in [-0.2, 0) is 12.8 Å². The van der Waals surface area contributed by atoms with Crippen LogP contribution >= 0.6 is 11.6 Å². The van der Waals surface area contributed by atoms with E-state index in [9.17, 15) is 4.79 Å². The number of rotatable bonds is 5. The smallest absolute Gasteiger partial charge is 0.258 e. The molecule has 132 valence electrons. The number of carbonyl (C=O) groups is 1. The molecule has 3 aromatic rings. The predicted molar refractivity (Wildman–Crippen MR) is 106 cm³/mol. The van der Waals surface area contributed by atoms with Crippen LogP contribution in [0.5, 0.6) is 0 Å². The van der Waals surface area contributed by atoms with Crippen molar-refractivity contribution in [3.05, 3.63) is 76.6 Å². The molecule has 0 saturated heterocycles. The van der Waals surface area contributed by atoms with E-state index >= 15 is 0 Å². The van der Waals surface area contributed by atoms with Crippen molar-refractivity contribution in [1.82, 2.24) is 9.97 Å². The van der Waals surface area contributed by atoms with Gasteiger partial charge in [0, 0.05) is 28.7 Å². The average Bonchev–Trinajstić information content (AvgIpc) is 2.69. The third-order valence-electron chi connectivity index (χ3n) is 4.26. The number of nitrogens with one attached hydrogen (secondary N) is 1. The van der Waals surface area contributed by atoms with Crippen molar-refractivity contribution in [2.75, 3.05) is 5.32 Å². The van der Waals surface area contributed by atoms with E-state index in [1.165, 1.54) is 0 Å². The third kappa shape index (κ3) is 3.75. The molecule has 3 rings (SSSR count). The number of hydrogen-bond donors (Lipinski definition) is 1. The Labute approximate surface area is 158 Å². The maximum Gasteiger partial charge on any atom is 0.258 e. The Morgan fingerprint density at radius 1 is 1.00 bits per heavy atom. The molecule has 0 saturated carbocycles. The van der Waals surface area contributed by atoms with Crippen LogP contribution in [0.2, 0.25) is 5.02 Å². The van der Waals surface area contributed by atoms with Gasteiger partial charge in [-0.25, -0.2) is 9.97 Å². The van der Waals surface area contributed by atoms with Crippen LogP contribution in [0.1, 0.15) is 35.3 Å². The van der Waals surface area contributed by atoms with Gasteiger partial charge in [-0.3, -0.25) is 4.79 Å². The number of nitrogens with zero attached hydrogens (tertiary/aromatic N) is 2. The first-order valence-corrected chi connectivity index (χ1v) is 9.00. The van der Waals surface area contributed by atoms with Crippen molar-refractivity contribution >= 4 is 23.2 Å². The Hall–Kier alpha value is -2.72. The molecule has 0 bridgehead atoms. The quantitative estimate of drug-likeness (QED) is 0.678. The van der Waals surface area contributed by atoms with E-state index < -0.39 is 0 Å². The van der Waals surface area contributed by atoms with E-state index in [1.54, 1.807) is 12.4 Å². The third-order valence-corrected chi connectivity index (χ3v) is 4.62. The summed E-state index contributed by atoms with van der Waals surface area (Å²) in [5.41, 5.74) is 4.12. The Balaban J connectivity index is 1.86. The van der Waals surface area contributed by atoms with Gasteiger partial charge in [0.2, 0.25) is 0 Å². The van der Waals surface area contributed by atoms with Gasteiger partial charge in [0.15, 0.2) is 5.82 Å². The highest BCUT2D eigenvalue weighted by molar-refractivity contribution is 6.32. The molecule has 0 radical (unpaired) electrons. The first kappa shape index (κ1) is 18.1. The van der Waals surface area contributed by atoms with E-state index in [-0.39, 0.29) is 5.91 Å². The highest BCUT2D eigenvalue weighted by atomic mass is 35.5. The summed E-state index contributed by atoms with van der Waals surface area (Å²) in [7, 11) is 0. The van der Waals surface area contributed by atoms with Gasteiger partial charge < -0.3 is 5.32 Å². The summed E-state index contributed by atoms with van der Waals surface area (Å²) in [6.07, 6.45) is 4.65. The fourth-order valence-electron chi connectivity index (χ4n) is 2.83. The minimum Gasteiger partial charge on any atom is -0.321 e. The van der Waals surface area contributed by atoms with Crippen molar-refractivity contribution in [3.8, 4) is 11.4 Å². The predicted octanol–water partition coefficient (Wildman–Crippen LogP) is 5.17. The molecule has 1 N–H and O–H groups in total. The minimum absolute atomic E-state index is 0.240. The number of hydrogen-bond acceptors (Lipinski definition) is 3. The van der Waals surface area contributed by atoms with Crippen LogP contribution in [0.3, 0.4) is 0 Å². The van der Waals surface area contributed by atoms with Gasteiger partial charge >= 0.3 is 0 Å². The van der Waals surface area contributed by atoms with Gasteiger partial charge in [-0.15, -0.1) is 0 Å². The molecule has 0 fully saturated rings. The lowest BCUT2D eigenvalue weighted by Crippen LogP contribution is -2.16. The zero-order chi connectivity index (χ0) is 18.5. The highest BCUT2D eigenvalue weighted by Crippen LogP contribution is 2.30. The topological polar surface area (TPSA) is 54.9 Å². The van der Waals surface area contributed by atoms with Gasteiger partial charge in [-0.05, 0) is 30.0 Å². The summed E-state index contributed by atoms with van der Waals surface area (Å²) < 4.78 is 0. The molecule has 1 heterocycles. The van der Waals surface area contributed by atoms with Gasteiger partial charge in [0.1, 0.15) is 0 Å². The largest absolute Gasteiger partial charge is 0.321 e. The van der Waals surface area contributed by atoms with Gasteiger partial charge in [0.25, 0.3) is 5.91 Å². The van der Waals surface area contributed by atoms with E-state index in [0.29, 0.717) is 16.4 Å². The Morgan fingerprint density at radius 2 is 1.69 bits per heavy atom. The molecule has 2 aromatic carbocycles. The number of carbonyl (C=O) groups excluding carboxylic acids is 1. The zero-order valence-electron chi connectivity index (χ0n) is 14.8. The summed E-state index contributed by atoms with van der Waals surface area (Å²) in [6.45, 7) is 4.07. The number of amides is 1. The van der Waals surface area contributed by atoms with E-state index in [2.05, 4.69) is 22.2 Å². The fraction of sp³-hybridized carbons (Fsp3) is 0.190. The second-order valence-electron chi connectivity index (χ2n) is 5.88. The molecular weight excluding hydrogens is 346 g/mol. The first-order chi connectivity index (χ1) is 12.6. The van der Waals surface area contributed by atoms with Crippen molar-refractivity contribution in [3.63, 3.8) is 0 Å². The van der Waals surface area contributed by atoms with Gasteiger partial charge in [0.05, 0.1) is 5.56 Å². The Kier molecular flexibility index (Phi) is 5.64. The van der Waals surface area contributed by atoms with E-state index in [1.807, 2.05) is 49.4 Å². The lowest BCUT2D eigenvalue weighted by Gasteiger charge is -2.16. The van der Waals surface area contributed by atoms with Crippen LogP contribution in [0.15, 0.2) is 54.9 Å². The summed E-state index contributed by atoms with van der Waals surface area (Å²) in [4.78, 5) is 21.3. The summed E-state index contributed by atoms with van der Waals surface area (Å²) in [5.74, 6) is 0.352. The van der Waals surface area contributed by atoms with Gasteiger partial charge in [-0.1, -0.05) is 61.8 Å². The average molecular weight is 366 g/mol. The molecule has 0 aliphatic carbocycles. The lowest BCUT2D eigenvalue weighted by atomic mass is 10.0. The fourth-order valence-corrected chi connectivity index (χ4v) is 3.13. The molecule has 1 aromatic heterocycles. The monoisotopic (exact) mass is 365 g/mol. The second-order valence-corrected chi connectivity index (χ2v) is 6.29. The molecule has 0 aliphatic heterocycles. The molecule has 0 spiro atoms. The van der Waals surface area contributed by atoms with Crippen LogP contribution < -0.4 is 5.32 Å². The maximum atomic E-state index is 12.7.